The summed E-state index contributed by atoms with van der Waals surface area (Å²) < 4.78 is 5.17. The number of fused-ring (bicyclic) bond motifs is 1. The highest BCUT2D eigenvalue weighted by molar-refractivity contribution is 6.71. The van der Waals surface area contributed by atoms with Gasteiger partial charge in [0.05, 0.1) is 18.1 Å². The summed E-state index contributed by atoms with van der Waals surface area (Å²) in [6.07, 6.45) is 2.84. The van der Waals surface area contributed by atoms with Gasteiger partial charge in [0, 0.05) is 11.1 Å². The highest BCUT2D eigenvalue weighted by Gasteiger charge is 2.59. The molecule has 1 aromatic rings. The Morgan fingerprint density at radius 2 is 1.64 bits per heavy atom. The van der Waals surface area contributed by atoms with Crippen molar-refractivity contribution in [2.24, 2.45) is 27.9 Å². The van der Waals surface area contributed by atoms with Crippen LogP contribution in [0.3, 0.4) is 0 Å². The first kappa shape index (κ1) is 27.2. The highest BCUT2D eigenvalue weighted by Crippen LogP contribution is 2.51. The van der Waals surface area contributed by atoms with Crippen LogP contribution in [0.1, 0.15) is 74.3 Å². The number of esters is 1. The van der Waals surface area contributed by atoms with Crippen LogP contribution in [0.15, 0.2) is 30.2 Å². The van der Waals surface area contributed by atoms with Gasteiger partial charge < -0.3 is 15.7 Å². The number of hydrogen-bond acceptors (Lipinski definition) is 5. The van der Waals surface area contributed by atoms with E-state index < -0.39 is 16.4 Å². The molecule has 1 heterocycles. The van der Waals surface area contributed by atoms with E-state index in [1.54, 1.807) is 0 Å². The lowest BCUT2D eigenvalue weighted by Gasteiger charge is -2.49. The smallest absolute Gasteiger partial charge is 0.312 e. The minimum Gasteiger partial charge on any atom is -0.469 e. The Morgan fingerprint density at radius 3 is 2.15 bits per heavy atom. The fourth-order valence-electron chi connectivity index (χ4n) is 5.32. The minimum atomic E-state index is -1.19. The fraction of sp³-hybridized carbons (Fsp3) is 0.630. The zero-order valence-electron chi connectivity index (χ0n) is 22.2. The quantitative estimate of drug-likeness (QED) is 0.394. The molecule has 182 valence electrons. The number of hydrogen-bond donors (Lipinski definition) is 2. The molecule has 33 heavy (non-hydrogen) atoms. The lowest BCUT2D eigenvalue weighted by Crippen LogP contribution is -2.63. The van der Waals surface area contributed by atoms with Crippen LogP contribution in [0, 0.1) is 22.2 Å². The van der Waals surface area contributed by atoms with Gasteiger partial charge in [0.15, 0.2) is 5.78 Å². The van der Waals surface area contributed by atoms with Crippen LogP contribution >= 0.6 is 0 Å². The van der Waals surface area contributed by atoms with E-state index in [9.17, 15) is 9.59 Å². The standard InChI is InChI=1S/C27H43BN2O3/c1-18(2)26(8,23(32)33-10)25(6,7)22(31)27(9,29)21(17-24(3,4)5)28-16-15-19-13-11-12-14-20(19)30-28/h11-16,18,21,30H,17,29H2,1-10H3. The molecule has 1 aromatic carbocycles. The lowest BCUT2D eigenvalue weighted by atomic mass is 9.40. The van der Waals surface area contributed by atoms with Crippen LogP contribution in [0.25, 0.3) is 6.08 Å². The van der Waals surface area contributed by atoms with Crippen LogP contribution in [-0.2, 0) is 14.3 Å². The van der Waals surface area contributed by atoms with Gasteiger partial charge in [-0.3, -0.25) is 9.59 Å². The average Bonchev–Trinajstić information content (AvgIpc) is 2.74. The van der Waals surface area contributed by atoms with E-state index in [2.05, 4.69) is 44.1 Å². The predicted octanol–water partition coefficient (Wildman–Crippen LogP) is 5.61. The second kappa shape index (κ2) is 9.29. The number of rotatable bonds is 8. The second-order valence-electron chi connectivity index (χ2n) is 12.1. The number of carbonyl (C=O) groups is 2. The molecule has 3 unspecified atom stereocenters. The maximum Gasteiger partial charge on any atom is 0.312 e. The first-order valence-electron chi connectivity index (χ1n) is 12.0. The number of ketones is 1. The van der Waals surface area contributed by atoms with Crippen LogP contribution in [0.2, 0.25) is 5.82 Å². The third-order valence-corrected chi connectivity index (χ3v) is 7.92. The molecule has 6 heteroatoms. The molecule has 0 fully saturated rings. The van der Waals surface area contributed by atoms with Crippen molar-refractivity contribution in [3.63, 3.8) is 0 Å². The number of ether oxygens (including phenoxy) is 1. The summed E-state index contributed by atoms with van der Waals surface area (Å²) in [7, 11) is 1.38. The van der Waals surface area contributed by atoms with Crippen molar-refractivity contribution in [1.29, 1.82) is 0 Å². The van der Waals surface area contributed by atoms with Gasteiger partial charge in [0.2, 0.25) is 0 Å². The molecule has 0 saturated heterocycles. The van der Waals surface area contributed by atoms with Crippen molar-refractivity contribution in [3.05, 3.63) is 35.8 Å². The largest absolute Gasteiger partial charge is 0.469 e. The summed E-state index contributed by atoms with van der Waals surface area (Å²) in [6, 6.07) is 8.12. The molecule has 1 aliphatic heterocycles. The monoisotopic (exact) mass is 454 g/mol. The third-order valence-electron chi connectivity index (χ3n) is 7.92. The average molecular weight is 454 g/mol. The Hall–Kier alpha value is -2.08. The van der Waals surface area contributed by atoms with E-state index in [1.807, 2.05) is 59.7 Å². The summed E-state index contributed by atoms with van der Waals surface area (Å²) >= 11 is 0. The van der Waals surface area contributed by atoms with Gasteiger partial charge in [0.1, 0.15) is 0 Å². The maximum atomic E-state index is 14.3. The summed E-state index contributed by atoms with van der Waals surface area (Å²) in [6.45, 7) is 17.6. The number of anilines is 1. The molecule has 3 N–H and O–H groups in total. The summed E-state index contributed by atoms with van der Waals surface area (Å²) in [5.41, 5.74) is 5.87. The van der Waals surface area contributed by atoms with E-state index in [-0.39, 0.29) is 35.8 Å². The Balaban J connectivity index is 2.54. The number of carbonyl (C=O) groups excluding carboxylic acids is 2. The second-order valence-corrected chi connectivity index (χ2v) is 12.1. The number of Topliss-reactive ketones (excluding diaryl/α,β-unsaturated/α-hetero) is 1. The molecular formula is C27H43BN2O3. The zero-order chi connectivity index (χ0) is 25.4. The molecule has 5 nitrogen and oxygen atoms in total. The molecule has 0 radical (unpaired) electrons. The number of methoxy groups -OCH3 is 1. The Morgan fingerprint density at radius 1 is 1.06 bits per heavy atom. The van der Waals surface area contributed by atoms with E-state index in [4.69, 9.17) is 10.5 Å². The van der Waals surface area contributed by atoms with Crippen LogP contribution in [-0.4, -0.2) is 31.2 Å². The van der Waals surface area contributed by atoms with Crippen molar-refractivity contribution in [1.82, 2.24) is 0 Å². The van der Waals surface area contributed by atoms with E-state index in [0.29, 0.717) is 0 Å². The fourth-order valence-corrected chi connectivity index (χ4v) is 5.32. The third kappa shape index (κ3) is 5.06. The highest BCUT2D eigenvalue weighted by atomic mass is 16.5. The summed E-state index contributed by atoms with van der Waals surface area (Å²) in [5, 5.41) is 3.62. The molecule has 0 aliphatic carbocycles. The van der Waals surface area contributed by atoms with Gasteiger partial charge in [-0.2, -0.15) is 0 Å². The van der Waals surface area contributed by atoms with Gasteiger partial charge in [-0.25, -0.2) is 0 Å². The molecule has 2 rings (SSSR count). The van der Waals surface area contributed by atoms with Crippen molar-refractivity contribution in [3.8, 4) is 0 Å². The van der Waals surface area contributed by atoms with Crippen molar-refractivity contribution in [2.75, 3.05) is 12.3 Å². The lowest BCUT2D eigenvalue weighted by molar-refractivity contribution is -0.170. The molecule has 0 aromatic heterocycles. The molecule has 0 bridgehead atoms. The van der Waals surface area contributed by atoms with Crippen LogP contribution in [0.4, 0.5) is 5.69 Å². The van der Waals surface area contributed by atoms with Gasteiger partial charge in [0.25, 0.3) is 6.85 Å². The Kier molecular flexibility index (Phi) is 7.65. The van der Waals surface area contributed by atoms with Crippen LogP contribution in [0.5, 0.6) is 0 Å². The molecule has 3 atom stereocenters. The Bertz CT molecular complexity index is 914. The van der Waals surface area contributed by atoms with Gasteiger partial charge in [-0.15, -0.1) is 0 Å². The van der Waals surface area contributed by atoms with Gasteiger partial charge >= 0.3 is 5.97 Å². The summed E-state index contributed by atoms with van der Waals surface area (Å²) in [4.78, 5) is 27.2. The van der Waals surface area contributed by atoms with Crippen molar-refractivity contribution in [2.45, 2.75) is 80.1 Å². The van der Waals surface area contributed by atoms with Crippen molar-refractivity contribution < 1.29 is 14.3 Å². The topological polar surface area (TPSA) is 81.4 Å². The van der Waals surface area contributed by atoms with Gasteiger partial charge in [-0.1, -0.05) is 78.7 Å². The molecule has 1 aliphatic rings. The number of benzene rings is 1. The minimum absolute atomic E-state index is 0.0497. The van der Waals surface area contributed by atoms with Crippen LogP contribution < -0.4 is 11.0 Å². The maximum absolute atomic E-state index is 14.3. The first-order valence-corrected chi connectivity index (χ1v) is 12.0. The molecule has 0 amide bonds. The first-order chi connectivity index (χ1) is 15.0. The van der Waals surface area contributed by atoms with E-state index >= 15 is 0 Å². The van der Waals surface area contributed by atoms with E-state index in [0.717, 1.165) is 17.7 Å². The normalized spacial score (nSPS) is 18.6. The Labute approximate surface area is 201 Å². The molecule has 0 spiro atoms. The van der Waals surface area contributed by atoms with E-state index in [1.165, 1.54) is 7.11 Å². The summed E-state index contributed by atoms with van der Waals surface area (Å²) in [5.74, 6) is 1.30. The SMILES string of the molecule is COC(=O)C(C)(C(C)C)C(C)(C)C(=O)C(C)(N)C(CC(C)(C)C)B1C=Cc2ccccc2N1. The number of para-hydroxylation sites is 1. The molecular weight excluding hydrogens is 411 g/mol. The molecule has 0 saturated carbocycles. The predicted molar refractivity (Wildman–Crippen MR) is 139 cm³/mol. The number of nitrogens with one attached hydrogen (secondary N) is 1. The number of nitrogens with two attached hydrogens (primary N) is 1. The zero-order valence-corrected chi connectivity index (χ0v) is 22.2. The van der Waals surface area contributed by atoms with Crippen molar-refractivity contribution >= 4 is 30.4 Å². The van der Waals surface area contributed by atoms with Gasteiger partial charge in [-0.05, 0) is 49.0 Å².